The number of piperidine rings is 1. The highest BCUT2D eigenvalue weighted by Crippen LogP contribution is 2.30. The van der Waals surface area contributed by atoms with Crippen LogP contribution in [0.4, 0.5) is 5.69 Å². The number of carbonyl (C=O) groups is 2. The number of benzene rings is 4. The fraction of sp³-hybridized carbons (Fsp3) is 0.188. The molecule has 1 saturated heterocycles. The molecule has 0 radical (unpaired) electrons. The Bertz CT molecular complexity index is 1740. The number of nitrogens with zero attached hydrogens (tertiary/aromatic N) is 1. The predicted molar refractivity (Wildman–Crippen MR) is 168 cm³/mol. The highest BCUT2D eigenvalue weighted by atomic mass is 35.5. The first-order valence-corrected chi connectivity index (χ1v) is 15.8. The van der Waals surface area contributed by atoms with E-state index in [4.69, 9.17) is 27.9 Å². The highest BCUT2D eigenvalue weighted by Gasteiger charge is 2.26. The monoisotopic (exact) mass is 637 g/mol. The van der Waals surface area contributed by atoms with Gasteiger partial charge in [-0.05, 0) is 86.5 Å². The molecule has 0 bridgehead atoms. The Balaban J connectivity index is 1.23. The fourth-order valence-electron chi connectivity index (χ4n) is 4.71. The molecule has 0 atom stereocenters. The van der Waals surface area contributed by atoms with Gasteiger partial charge in [0, 0.05) is 29.7 Å². The number of nitrogens with one attached hydrogen (secondary N) is 2. The summed E-state index contributed by atoms with van der Waals surface area (Å²) in [4.78, 5) is 27.9. The normalized spacial score (nSPS) is 13.8. The van der Waals surface area contributed by atoms with Crippen LogP contribution >= 0.6 is 23.2 Å². The van der Waals surface area contributed by atoms with Crippen LogP contribution in [-0.2, 0) is 10.0 Å². The molecule has 2 amide bonds. The van der Waals surface area contributed by atoms with Crippen LogP contribution in [0.3, 0.4) is 0 Å². The first-order chi connectivity index (χ1) is 20.6. The molecule has 1 heterocycles. The number of sulfonamides is 1. The van der Waals surface area contributed by atoms with E-state index >= 15 is 0 Å². The number of anilines is 1. The zero-order chi connectivity index (χ0) is 30.6. The van der Waals surface area contributed by atoms with Crippen molar-refractivity contribution in [3.8, 4) is 11.5 Å². The summed E-state index contributed by atoms with van der Waals surface area (Å²) in [5, 5.41) is 3.68. The lowest BCUT2D eigenvalue weighted by molar-refractivity contribution is 0.0698. The summed E-state index contributed by atoms with van der Waals surface area (Å²) in [5.41, 5.74) is 1.89. The summed E-state index contributed by atoms with van der Waals surface area (Å²) in [6.45, 7) is 2.95. The Hall–Kier alpha value is -4.05. The molecular formula is C32H29Cl2N3O5S. The van der Waals surface area contributed by atoms with Gasteiger partial charge in [-0.15, -0.1) is 0 Å². The van der Waals surface area contributed by atoms with Crippen molar-refractivity contribution in [3.63, 3.8) is 0 Å². The number of hydrogen-bond donors (Lipinski definition) is 2. The minimum atomic E-state index is -4.06. The molecule has 0 aromatic heterocycles. The third-order valence-corrected chi connectivity index (χ3v) is 9.01. The lowest BCUT2D eigenvalue weighted by Crippen LogP contribution is -2.46. The zero-order valence-electron chi connectivity index (χ0n) is 23.2. The third-order valence-electron chi connectivity index (χ3n) is 7.08. The second kappa shape index (κ2) is 13.1. The van der Waals surface area contributed by atoms with Crippen LogP contribution in [0.1, 0.15) is 39.1 Å². The van der Waals surface area contributed by atoms with E-state index in [9.17, 15) is 18.0 Å². The third kappa shape index (κ3) is 7.48. The van der Waals surface area contributed by atoms with Crippen molar-refractivity contribution in [2.75, 3.05) is 17.8 Å². The molecule has 0 saturated carbocycles. The first-order valence-electron chi connectivity index (χ1n) is 13.6. The minimum absolute atomic E-state index is 0.0223. The molecule has 11 heteroatoms. The number of carbonyl (C=O) groups excluding carboxylic acids is 2. The van der Waals surface area contributed by atoms with Crippen LogP contribution in [0.15, 0.2) is 95.9 Å². The smallest absolute Gasteiger partial charge is 0.261 e. The SMILES string of the molecule is Cc1ccc(C(=O)N2CCC(NC(=O)c3cc(Cl)ccc3NS(=O)(=O)c3ccc(Oc4ccccc4Cl)cc3)CC2)cc1. The molecule has 1 aliphatic rings. The fourth-order valence-corrected chi connectivity index (χ4v) is 6.13. The Kier molecular flexibility index (Phi) is 9.25. The van der Waals surface area contributed by atoms with Crippen molar-refractivity contribution < 1.29 is 22.7 Å². The van der Waals surface area contributed by atoms with Crippen LogP contribution in [0.5, 0.6) is 11.5 Å². The maximum atomic E-state index is 13.3. The van der Waals surface area contributed by atoms with Crippen molar-refractivity contribution in [1.29, 1.82) is 0 Å². The molecule has 5 rings (SSSR count). The minimum Gasteiger partial charge on any atom is -0.456 e. The van der Waals surface area contributed by atoms with E-state index in [1.165, 1.54) is 42.5 Å². The summed E-state index contributed by atoms with van der Waals surface area (Å²) in [6.07, 6.45) is 1.13. The van der Waals surface area contributed by atoms with Crippen molar-refractivity contribution in [2.24, 2.45) is 0 Å². The molecule has 1 fully saturated rings. The van der Waals surface area contributed by atoms with E-state index in [0.717, 1.165) is 5.56 Å². The van der Waals surface area contributed by atoms with Gasteiger partial charge in [-0.3, -0.25) is 14.3 Å². The van der Waals surface area contributed by atoms with Gasteiger partial charge in [-0.1, -0.05) is 53.0 Å². The maximum Gasteiger partial charge on any atom is 0.261 e. The molecule has 2 N–H and O–H groups in total. The van der Waals surface area contributed by atoms with Gasteiger partial charge >= 0.3 is 0 Å². The van der Waals surface area contributed by atoms with Crippen LogP contribution < -0.4 is 14.8 Å². The van der Waals surface area contributed by atoms with Crippen LogP contribution in [0.25, 0.3) is 0 Å². The standard InChI is InChI=1S/C32H29Cl2N3O5S/c1-21-6-8-22(9-7-21)32(39)37-18-16-24(17-19-37)35-31(38)27-20-23(33)10-15-29(27)36-43(40,41)26-13-11-25(12-14-26)42-30-5-3-2-4-28(30)34/h2-15,20,24,36H,16-19H2,1H3,(H,35,38). The van der Waals surface area contributed by atoms with Gasteiger partial charge in [0.05, 0.1) is 21.2 Å². The molecule has 1 aliphatic heterocycles. The number of likely N-dealkylation sites (tertiary alicyclic amines) is 1. The van der Waals surface area contributed by atoms with E-state index in [1.54, 1.807) is 29.2 Å². The van der Waals surface area contributed by atoms with Crippen LogP contribution in [0, 0.1) is 6.92 Å². The molecule has 4 aromatic rings. The second-order valence-corrected chi connectivity index (χ2v) is 12.7. The largest absolute Gasteiger partial charge is 0.456 e. The Labute approximate surface area is 260 Å². The number of hydrogen-bond acceptors (Lipinski definition) is 5. The van der Waals surface area contributed by atoms with E-state index < -0.39 is 15.9 Å². The Morgan fingerprint density at radius 1 is 0.884 bits per heavy atom. The van der Waals surface area contributed by atoms with Gasteiger partial charge in [-0.2, -0.15) is 0 Å². The first kappa shape index (κ1) is 30.4. The molecule has 222 valence electrons. The topological polar surface area (TPSA) is 105 Å². The predicted octanol–water partition coefficient (Wildman–Crippen LogP) is 6.93. The lowest BCUT2D eigenvalue weighted by atomic mass is 10.0. The van der Waals surface area contributed by atoms with Gasteiger partial charge in [0.25, 0.3) is 21.8 Å². The summed E-state index contributed by atoms with van der Waals surface area (Å²) in [7, 11) is -4.06. The molecule has 4 aromatic carbocycles. The average molecular weight is 639 g/mol. The second-order valence-electron chi connectivity index (χ2n) is 10.2. The summed E-state index contributed by atoms with van der Waals surface area (Å²) < 4.78 is 34.7. The number of rotatable bonds is 8. The van der Waals surface area contributed by atoms with Crippen molar-refractivity contribution in [3.05, 3.63) is 118 Å². The molecule has 0 spiro atoms. The zero-order valence-corrected chi connectivity index (χ0v) is 25.5. The van der Waals surface area contributed by atoms with E-state index in [2.05, 4.69) is 10.0 Å². The molecular weight excluding hydrogens is 609 g/mol. The van der Waals surface area contributed by atoms with Gasteiger partial charge in [0.15, 0.2) is 0 Å². The molecule has 43 heavy (non-hydrogen) atoms. The quantitative estimate of drug-likeness (QED) is 0.218. The van der Waals surface area contributed by atoms with Crippen LogP contribution in [-0.4, -0.2) is 44.3 Å². The summed E-state index contributed by atoms with van der Waals surface area (Å²) >= 11 is 12.3. The van der Waals surface area contributed by atoms with Gasteiger partial charge in [-0.25, -0.2) is 8.42 Å². The summed E-state index contributed by atoms with van der Waals surface area (Å²) in [5.74, 6) is 0.343. The van der Waals surface area contributed by atoms with Crippen molar-refractivity contribution in [2.45, 2.75) is 30.7 Å². The Morgan fingerprint density at radius 3 is 2.23 bits per heavy atom. The van der Waals surface area contributed by atoms with E-state index in [0.29, 0.717) is 48.0 Å². The van der Waals surface area contributed by atoms with Gasteiger partial charge in [0.2, 0.25) is 0 Å². The number of para-hydroxylation sites is 1. The Morgan fingerprint density at radius 2 is 1.56 bits per heavy atom. The molecule has 0 aliphatic carbocycles. The highest BCUT2D eigenvalue weighted by molar-refractivity contribution is 7.92. The number of amides is 2. The van der Waals surface area contributed by atoms with Gasteiger partial charge in [0.1, 0.15) is 11.5 Å². The average Bonchev–Trinajstić information content (AvgIpc) is 3.00. The number of halogens is 2. The van der Waals surface area contributed by atoms with Crippen molar-refractivity contribution in [1.82, 2.24) is 10.2 Å². The van der Waals surface area contributed by atoms with Crippen LogP contribution in [0.2, 0.25) is 10.0 Å². The lowest BCUT2D eigenvalue weighted by Gasteiger charge is -2.32. The van der Waals surface area contributed by atoms with E-state index in [1.807, 2.05) is 31.2 Å². The number of ether oxygens (including phenoxy) is 1. The van der Waals surface area contributed by atoms with Crippen molar-refractivity contribution >= 4 is 50.7 Å². The van der Waals surface area contributed by atoms with Gasteiger partial charge < -0.3 is 15.0 Å². The number of aryl methyl sites for hydroxylation is 1. The maximum absolute atomic E-state index is 13.3. The van der Waals surface area contributed by atoms with E-state index in [-0.39, 0.29) is 33.1 Å². The molecule has 8 nitrogen and oxygen atoms in total. The molecule has 0 unspecified atom stereocenters. The summed E-state index contributed by atoms with van der Waals surface area (Å²) in [6, 6.07) is 24.4.